The number of amides is 1. The third kappa shape index (κ3) is 5.86. The number of nitrogens with two attached hydrogens (primary N) is 1. The molecule has 7 heteroatoms. The summed E-state index contributed by atoms with van der Waals surface area (Å²) in [5.74, 6) is -0.639. The second-order valence-electron chi connectivity index (χ2n) is 4.73. The van der Waals surface area contributed by atoms with Crippen LogP contribution in [0.2, 0.25) is 0 Å². The highest BCUT2D eigenvalue weighted by molar-refractivity contribution is 5.82. The smallest absolute Gasteiger partial charge is 0.239 e. The molecule has 21 heavy (non-hydrogen) atoms. The average molecular weight is 299 g/mol. The number of halogens is 1. The van der Waals surface area contributed by atoms with Gasteiger partial charge in [-0.05, 0) is 13.8 Å². The monoisotopic (exact) mass is 299 g/mol. The normalized spacial score (nSPS) is 10.5. The van der Waals surface area contributed by atoms with E-state index in [1.165, 1.54) is 12.1 Å². The van der Waals surface area contributed by atoms with Gasteiger partial charge < -0.3 is 25.8 Å². The van der Waals surface area contributed by atoms with Crippen LogP contribution < -0.4 is 21.1 Å². The average Bonchev–Trinajstić information content (AvgIpc) is 2.40. The van der Waals surface area contributed by atoms with Crippen LogP contribution in [0, 0.1) is 5.82 Å². The number of nitrogen functional groups attached to an aromatic ring is 1. The van der Waals surface area contributed by atoms with E-state index in [2.05, 4.69) is 10.6 Å². The van der Waals surface area contributed by atoms with Gasteiger partial charge in [0.25, 0.3) is 0 Å². The largest absolute Gasteiger partial charge is 0.488 e. The van der Waals surface area contributed by atoms with E-state index in [-0.39, 0.29) is 30.0 Å². The van der Waals surface area contributed by atoms with E-state index in [4.69, 9.17) is 15.2 Å². The molecule has 0 radical (unpaired) electrons. The lowest BCUT2D eigenvalue weighted by atomic mass is 10.2. The second kappa shape index (κ2) is 8.31. The van der Waals surface area contributed by atoms with Crippen molar-refractivity contribution in [3.05, 3.63) is 17.9 Å². The molecule has 1 rings (SSSR count). The first kappa shape index (κ1) is 17.0. The number of carbonyl (C=O) groups excluding carboxylic acids is 1. The first-order valence-corrected chi connectivity index (χ1v) is 6.69. The fourth-order valence-electron chi connectivity index (χ4n) is 1.60. The topological polar surface area (TPSA) is 85.6 Å². The molecule has 1 amide bonds. The highest BCUT2D eigenvalue weighted by atomic mass is 19.1. The molecule has 0 spiro atoms. The lowest BCUT2D eigenvalue weighted by Crippen LogP contribution is -2.32. The van der Waals surface area contributed by atoms with Gasteiger partial charge in [0.05, 0.1) is 30.6 Å². The number of hydrogen-bond donors (Lipinski definition) is 3. The van der Waals surface area contributed by atoms with Crippen LogP contribution in [0.4, 0.5) is 15.8 Å². The maximum atomic E-state index is 13.7. The predicted molar refractivity (Wildman–Crippen MR) is 80.0 cm³/mol. The van der Waals surface area contributed by atoms with Crippen molar-refractivity contribution >= 4 is 17.3 Å². The summed E-state index contributed by atoms with van der Waals surface area (Å²) in [6, 6.07) is 2.62. The van der Waals surface area contributed by atoms with E-state index in [1.54, 1.807) is 21.0 Å². The molecule has 0 aromatic heterocycles. The summed E-state index contributed by atoms with van der Waals surface area (Å²) < 4.78 is 23.8. The summed E-state index contributed by atoms with van der Waals surface area (Å²) in [6.07, 6.45) is -0.159. The minimum absolute atomic E-state index is 0.0284. The fraction of sp³-hybridized carbons (Fsp3) is 0.500. The molecule has 0 heterocycles. The summed E-state index contributed by atoms with van der Waals surface area (Å²) >= 11 is 0. The summed E-state index contributed by atoms with van der Waals surface area (Å²) in [5, 5.41) is 5.51. The quantitative estimate of drug-likeness (QED) is 0.498. The van der Waals surface area contributed by atoms with Crippen LogP contribution >= 0.6 is 0 Å². The first-order chi connectivity index (χ1) is 9.93. The van der Waals surface area contributed by atoms with Crippen LogP contribution in [-0.4, -0.2) is 38.8 Å². The molecule has 0 aliphatic rings. The van der Waals surface area contributed by atoms with E-state index in [0.717, 1.165) is 0 Å². The molecular formula is C14H22FN3O3. The van der Waals surface area contributed by atoms with Crippen LogP contribution in [0.3, 0.4) is 0 Å². The molecule has 0 fully saturated rings. The summed E-state index contributed by atoms with van der Waals surface area (Å²) in [4.78, 5) is 11.6. The third-order valence-corrected chi connectivity index (χ3v) is 2.53. The second-order valence-corrected chi connectivity index (χ2v) is 4.73. The summed E-state index contributed by atoms with van der Waals surface area (Å²) in [6.45, 7) is 4.49. The SMILES string of the molecule is COCCNC(=O)CNc1cc(OC(C)C)c(F)cc1N. The van der Waals surface area contributed by atoms with Crippen molar-refractivity contribution in [2.75, 3.05) is 37.9 Å². The number of methoxy groups -OCH3 is 1. The molecule has 1 aromatic carbocycles. The van der Waals surface area contributed by atoms with Gasteiger partial charge in [-0.25, -0.2) is 4.39 Å². The zero-order valence-corrected chi connectivity index (χ0v) is 12.5. The molecule has 0 unspecified atom stereocenters. The van der Waals surface area contributed by atoms with E-state index >= 15 is 0 Å². The minimum atomic E-state index is -0.531. The van der Waals surface area contributed by atoms with Gasteiger partial charge in [0.15, 0.2) is 11.6 Å². The molecule has 1 aromatic rings. The number of rotatable bonds is 8. The van der Waals surface area contributed by atoms with Crippen molar-refractivity contribution in [1.29, 1.82) is 0 Å². The van der Waals surface area contributed by atoms with E-state index < -0.39 is 5.82 Å². The number of hydrogen-bond acceptors (Lipinski definition) is 5. The van der Waals surface area contributed by atoms with Crippen molar-refractivity contribution in [3.8, 4) is 5.75 Å². The Morgan fingerprint density at radius 1 is 1.43 bits per heavy atom. The maximum Gasteiger partial charge on any atom is 0.239 e. The molecule has 4 N–H and O–H groups in total. The lowest BCUT2D eigenvalue weighted by Gasteiger charge is -2.15. The van der Waals surface area contributed by atoms with E-state index in [0.29, 0.717) is 18.8 Å². The van der Waals surface area contributed by atoms with Gasteiger partial charge in [0.1, 0.15) is 0 Å². The van der Waals surface area contributed by atoms with Gasteiger partial charge in [-0.2, -0.15) is 0 Å². The Bertz CT molecular complexity index is 481. The minimum Gasteiger partial charge on any atom is -0.488 e. The number of ether oxygens (including phenoxy) is 2. The Labute approximate surface area is 123 Å². The van der Waals surface area contributed by atoms with Gasteiger partial charge in [-0.1, -0.05) is 0 Å². The Kier molecular flexibility index (Phi) is 6.74. The van der Waals surface area contributed by atoms with Crippen LogP contribution in [0.5, 0.6) is 5.75 Å². The molecule has 0 atom stereocenters. The molecule has 0 aliphatic heterocycles. The number of benzene rings is 1. The zero-order chi connectivity index (χ0) is 15.8. The van der Waals surface area contributed by atoms with Gasteiger partial charge >= 0.3 is 0 Å². The Balaban J connectivity index is 2.63. The predicted octanol–water partition coefficient (Wildman–Crippen LogP) is 1.37. The van der Waals surface area contributed by atoms with E-state index in [1.807, 2.05) is 0 Å². The highest BCUT2D eigenvalue weighted by Crippen LogP contribution is 2.28. The van der Waals surface area contributed by atoms with Gasteiger partial charge in [-0.15, -0.1) is 0 Å². The van der Waals surface area contributed by atoms with Crippen LogP contribution in [0.1, 0.15) is 13.8 Å². The van der Waals surface area contributed by atoms with Crippen molar-refractivity contribution in [2.45, 2.75) is 20.0 Å². The Morgan fingerprint density at radius 3 is 2.76 bits per heavy atom. The zero-order valence-electron chi connectivity index (χ0n) is 12.5. The van der Waals surface area contributed by atoms with Gasteiger partial charge in [0, 0.05) is 25.8 Å². The van der Waals surface area contributed by atoms with Gasteiger partial charge in [0.2, 0.25) is 5.91 Å². The van der Waals surface area contributed by atoms with Crippen molar-refractivity contribution in [2.24, 2.45) is 0 Å². The summed E-state index contributed by atoms with van der Waals surface area (Å²) in [5.41, 5.74) is 6.39. The molecule has 0 bridgehead atoms. The fourth-order valence-corrected chi connectivity index (χ4v) is 1.60. The molecular weight excluding hydrogens is 277 g/mol. The van der Waals surface area contributed by atoms with Crippen molar-refractivity contribution in [3.63, 3.8) is 0 Å². The van der Waals surface area contributed by atoms with Crippen molar-refractivity contribution < 1.29 is 18.7 Å². The van der Waals surface area contributed by atoms with Crippen molar-refractivity contribution in [1.82, 2.24) is 5.32 Å². The number of anilines is 2. The summed E-state index contributed by atoms with van der Waals surface area (Å²) in [7, 11) is 1.56. The molecule has 6 nitrogen and oxygen atoms in total. The number of nitrogens with one attached hydrogen (secondary N) is 2. The maximum absolute atomic E-state index is 13.7. The van der Waals surface area contributed by atoms with Crippen LogP contribution in [0.25, 0.3) is 0 Å². The highest BCUT2D eigenvalue weighted by Gasteiger charge is 2.11. The third-order valence-electron chi connectivity index (χ3n) is 2.53. The standard InChI is InChI=1S/C14H22FN3O3/c1-9(2)21-13-7-12(11(16)6-10(13)15)18-8-14(19)17-4-5-20-3/h6-7,9,18H,4-5,8,16H2,1-3H3,(H,17,19). The molecule has 0 saturated heterocycles. The van der Waals surface area contributed by atoms with Crippen LogP contribution in [-0.2, 0) is 9.53 Å². The molecule has 0 aliphatic carbocycles. The van der Waals surface area contributed by atoms with E-state index in [9.17, 15) is 9.18 Å². The number of carbonyl (C=O) groups is 1. The molecule has 0 saturated carbocycles. The lowest BCUT2D eigenvalue weighted by molar-refractivity contribution is -0.119. The van der Waals surface area contributed by atoms with Crippen LogP contribution in [0.15, 0.2) is 12.1 Å². The molecule has 118 valence electrons. The Morgan fingerprint density at radius 2 is 2.14 bits per heavy atom. The Hall–Kier alpha value is -2.02. The first-order valence-electron chi connectivity index (χ1n) is 6.69. The van der Waals surface area contributed by atoms with Gasteiger partial charge in [-0.3, -0.25) is 4.79 Å².